The van der Waals surface area contributed by atoms with Gasteiger partial charge in [0, 0.05) is 0 Å². The van der Waals surface area contributed by atoms with Crippen molar-refractivity contribution in [2.24, 2.45) is 0 Å². The number of nitrogens with zero attached hydrogens (tertiary/aromatic N) is 1. The Balaban J connectivity index is 2.28. The lowest BCUT2D eigenvalue weighted by Crippen LogP contribution is -2.21. The molecule has 1 aliphatic rings. The minimum Gasteiger partial charge on any atom is -0.447 e. The summed E-state index contributed by atoms with van der Waals surface area (Å²) in [5.74, 6) is 0. The van der Waals surface area contributed by atoms with Gasteiger partial charge in [-0.1, -0.05) is 30.3 Å². The largest absolute Gasteiger partial charge is 0.447 e. The zero-order chi connectivity index (χ0) is 11.5. The Morgan fingerprint density at radius 2 is 2.06 bits per heavy atom. The number of carbonyl (C=O) groups is 1. The molecule has 84 valence electrons. The van der Waals surface area contributed by atoms with Crippen molar-refractivity contribution < 1.29 is 18.3 Å². The SMILES string of the molecule is O=C1OC[C@@H](c2ccccc2)N1C=C(F)F. The summed E-state index contributed by atoms with van der Waals surface area (Å²) < 4.78 is 29.1. The molecule has 0 bridgehead atoms. The predicted molar refractivity (Wildman–Crippen MR) is 52.7 cm³/mol. The molecule has 2 rings (SSSR count). The van der Waals surface area contributed by atoms with Crippen molar-refractivity contribution in [3.8, 4) is 0 Å². The molecule has 0 saturated carbocycles. The molecule has 0 radical (unpaired) electrons. The lowest BCUT2D eigenvalue weighted by molar-refractivity contribution is 0.165. The van der Waals surface area contributed by atoms with E-state index in [9.17, 15) is 13.6 Å². The van der Waals surface area contributed by atoms with E-state index in [1.165, 1.54) is 0 Å². The molecule has 1 heterocycles. The molecule has 0 aliphatic carbocycles. The molecule has 0 unspecified atom stereocenters. The van der Waals surface area contributed by atoms with Crippen LogP contribution in [-0.4, -0.2) is 17.6 Å². The number of hydrogen-bond donors (Lipinski definition) is 0. The Bertz CT molecular complexity index is 415. The van der Waals surface area contributed by atoms with Crippen LogP contribution in [0.4, 0.5) is 13.6 Å². The fourth-order valence-corrected chi connectivity index (χ4v) is 1.61. The Hall–Kier alpha value is -1.91. The van der Waals surface area contributed by atoms with Gasteiger partial charge in [-0.15, -0.1) is 0 Å². The van der Waals surface area contributed by atoms with Gasteiger partial charge in [-0.25, -0.2) is 4.79 Å². The van der Waals surface area contributed by atoms with Crippen LogP contribution in [0.25, 0.3) is 0 Å². The highest BCUT2D eigenvalue weighted by molar-refractivity contribution is 5.71. The Kier molecular flexibility index (Phi) is 2.85. The van der Waals surface area contributed by atoms with Crippen molar-refractivity contribution in [2.75, 3.05) is 6.61 Å². The van der Waals surface area contributed by atoms with Crippen LogP contribution in [0, 0.1) is 0 Å². The Morgan fingerprint density at radius 3 is 2.69 bits per heavy atom. The molecule has 5 heteroatoms. The number of rotatable bonds is 2. The average Bonchev–Trinajstić information content (AvgIpc) is 2.61. The molecule has 1 amide bonds. The zero-order valence-corrected chi connectivity index (χ0v) is 8.27. The first kappa shape index (κ1) is 10.6. The van der Waals surface area contributed by atoms with Gasteiger partial charge in [-0.05, 0) is 5.56 Å². The monoisotopic (exact) mass is 225 g/mol. The summed E-state index contributed by atoms with van der Waals surface area (Å²) in [7, 11) is 0. The standard InChI is InChI=1S/C11H9F2NO2/c12-10(13)6-14-9(7-16-11(14)15)8-4-2-1-3-5-8/h1-6,9H,7H2/t9-/m0/s1. The highest BCUT2D eigenvalue weighted by Gasteiger charge is 2.33. The zero-order valence-electron chi connectivity index (χ0n) is 8.27. The second-order valence-corrected chi connectivity index (χ2v) is 3.33. The second kappa shape index (κ2) is 4.30. The van der Waals surface area contributed by atoms with E-state index in [4.69, 9.17) is 4.74 Å². The van der Waals surface area contributed by atoms with Gasteiger partial charge in [0.05, 0.1) is 12.2 Å². The lowest BCUT2D eigenvalue weighted by atomic mass is 10.1. The van der Waals surface area contributed by atoms with Crippen LogP contribution in [0.3, 0.4) is 0 Å². The molecular formula is C11H9F2NO2. The topological polar surface area (TPSA) is 29.5 Å². The van der Waals surface area contributed by atoms with Crippen LogP contribution >= 0.6 is 0 Å². The summed E-state index contributed by atoms with van der Waals surface area (Å²) in [6, 6.07) is 8.44. The van der Waals surface area contributed by atoms with E-state index in [1.807, 2.05) is 6.07 Å². The van der Waals surface area contributed by atoms with E-state index in [1.54, 1.807) is 24.3 Å². The predicted octanol–water partition coefficient (Wildman–Crippen LogP) is 2.92. The first-order chi connectivity index (χ1) is 7.68. The van der Waals surface area contributed by atoms with Crippen LogP contribution in [0.2, 0.25) is 0 Å². The van der Waals surface area contributed by atoms with Gasteiger partial charge in [-0.2, -0.15) is 8.78 Å². The number of halogens is 2. The maximum Gasteiger partial charge on any atom is 0.414 e. The number of amides is 1. The molecule has 3 nitrogen and oxygen atoms in total. The summed E-state index contributed by atoms with van der Waals surface area (Å²) in [6.07, 6.45) is -2.16. The summed E-state index contributed by atoms with van der Waals surface area (Å²) in [4.78, 5) is 12.1. The lowest BCUT2D eigenvalue weighted by Gasteiger charge is -2.16. The molecular weight excluding hydrogens is 216 g/mol. The van der Waals surface area contributed by atoms with Crippen LogP contribution < -0.4 is 0 Å². The van der Waals surface area contributed by atoms with Crippen LogP contribution in [0.1, 0.15) is 11.6 Å². The summed E-state index contributed by atoms with van der Waals surface area (Å²) >= 11 is 0. The van der Waals surface area contributed by atoms with Gasteiger partial charge in [-0.3, -0.25) is 4.90 Å². The second-order valence-electron chi connectivity index (χ2n) is 3.33. The molecule has 16 heavy (non-hydrogen) atoms. The van der Waals surface area contributed by atoms with Crippen LogP contribution in [0.15, 0.2) is 42.6 Å². The minimum atomic E-state index is -1.92. The van der Waals surface area contributed by atoms with Crippen molar-refractivity contribution in [1.82, 2.24) is 4.90 Å². The van der Waals surface area contributed by atoms with Crippen molar-refractivity contribution in [1.29, 1.82) is 0 Å². The van der Waals surface area contributed by atoms with Gasteiger partial charge < -0.3 is 4.74 Å². The third-order valence-electron chi connectivity index (χ3n) is 2.33. The van der Waals surface area contributed by atoms with Crippen molar-refractivity contribution in [3.05, 3.63) is 48.2 Å². The van der Waals surface area contributed by atoms with Gasteiger partial charge in [0.1, 0.15) is 6.61 Å². The highest BCUT2D eigenvalue weighted by atomic mass is 19.3. The normalized spacial score (nSPS) is 19.5. The van der Waals surface area contributed by atoms with E-state index in [0.717, 1.165) is 10.5 Å². The highest BCUT2D eigenvalue weighted by Crippen LogP contribution is 2.28. The first-order valence-corrected chi connectivity index (χ1v) is 4.71. The fourth-order valence-electron chi connectivity index (χ4n) is 1.61. The number of carbonyl (C=O) groups excluding carboxylic acids is 1. The average molecular weight is 225 g/mol. The smallest absolute Gasteiger partial charge is 0.414 e. The molecule has 0 aromatic heterocycles. The Morgan fingerprint density at radius 1 is 1.38 bits per heavy atom. The number of cyclic esters (lactones) is 1. The number of benzene rings is 1. The van der Waals surface area contributed by atoms with Gasteiger partial charge in [0.15, 0.2) is 0 Å². The molecule has 1 aliphatic heterocycles. The molecule has 1 atom stereocenters. The van der Waals surface area contributed by atoms with E-state index < -0.39 is 18.2 Å². The van der Waals surface area contributed by atoms with Crippen molar-refractivity contribution in [2.45, 2.75) is 6.04 Å². The maximum absolute atomic E-state index is 12.2. The molecule has 0 spiro atoms. The van der Waals surface area contributed by atoms with Crippen molar-refractivity contribution in [3.63, 3.8) is 0 Å². The van der Waals surface area contributed by atoms with Crippen molar-refractivity contribution >= 4 is 6.09 Å². The van der Waals surface area contributed by atoms with Gasteiger partial charge in [0.2, 0.25) is 0 Å². The number of ether oxygens (including phenoxy) is 1. The molecule has 1 aromatic carbocycles. The molecule has 0 N–H and O–H groups in total. The summed E-state index contributed by atoms with van der Waals surface area (Å²) in [5, 5.41) is 0. The molecule has 1 aromatic rings. The maximum atomic E-state index is 12.2. The van der Waals surface area contributed by atoms with Gasteiger partial charge >= 0.3 is 6.09 Å². The van der Waals surface area contributed by atoms with Gasteiger partial charge in [0.25, 0.3) is 6.08 Å². The molecule has 1 fully saturated rings. The fraction of sp³-hybridized carbons (Fsp3) is 0.182. The summed E-state index contributed by atoms with van der Waals surface area (Å²) in [6.45, 7) is 0.0899. The summed E-state index contributed by atoms with van der Waals surface area (Å²) in [5.41, 5.74) is 0.769. The van der Waals surface area contributed by atoms with E-state index in [2.05, 4.69) is 0 Å². The first-order valence-electron chi connectivity index (χ1n) is 4.71. The van der Waals surface area contributed by atoms with E-state index in [0.29, 0.717) is 6.20 Å². The van der Waals surface area contributed by atoms with E-state index >= 15 is 0 Å². The minimum absolute atomic E-state index is 0.0899. The third-order valence-corrected chi connectivity index (χ3v) is 2.33. The van der Waals surface area contributed by atoms with Crippen LogP contribution in [0.5, 0.6) is 0 Å². The molecule has 1 saturated heterocycles. The quantitative estimate of drug-likeness (QED) is 0.774. The Labute approximate surface area is 90.9 Å². The number of hydrogen-bond acceptors (Lipinski definition) is 2. The third kappa shape index (κ3) is 2.03. The van der Waals surface area contributed by atoms with Crippen LogP contribution in [-0.2, 0) is 4.74 Å². The van der Waals surface area contributed by atoms with E-state index in [-0.39, 0.29) is 6.61 Å².